The van der Waals surface area contributed by atoms with Crippen LogP contribution in [-0.2, 0) is 4.79 Å². The molecule has 1 aromatic carbocycles. The molecular weight excluding hydrogens is 290 g/mol. The van der Waals surface area contributed by atoms with Crippen molar-refractivity contribution >= 4 is 29.3 Å². The van der Waals surface area contributed by atoms with E-state index in [2.05, 4.69) is 5.32 Å². The fraction of sp³-hybridized carbons (Fsp3) is 0.562. The summed E-state index contributed by atoms with van der Waals surface area (Å²) in [4.78, 5) is 13.0. The van der Waals surface area contributed by atoms with Gasteiger partial charge in [0, 0.05) is 11.4 Å². The first-order chi connectivity index (χ1) is 9.66. The van der Waals surface area contributed by atoms with E-state index in [0.717, 1.165) is 23.8 Å². The minimum Gasteiger partial charge on any atom is -0.355 e. The van der Waals surface area contributed by atoms with Gasteiger partial charge in [-0.25, -0.2) is 0 Å². The van der Waals surface area contributed by atoms with Crippen molar-refractivity contribution in [1.82, 2.24) is 5.32 Å². The summed E-state index contributed by atoms with van der Waals surface area (Å²) in [7, 11) is 0. The Morgan fingerprint density at radius 1 is 1.40 bits per heavy atom. The molecule has 1 saturated carbocycles. The van der Waals surface area contributed by atoms with Gasteiger partial charge in [0.15, 0.2) is 0 Å². The summed E-state index contributed by atoms with van der Waals surface area (Å²) >= 11 is 7.63. The zero-order valence-corrected chi connectivity index (χ0v) is 13.5. The molecule has 0 spiro atoms. The molecule has 1 fully saturated rings. The SMILES string of the molecule is CC(Sc1ccccc1Cl)C(=O)NCCC1CCCC1. The molecule has 20 heavy (non-hydrogen) atoms. The first kappa shape index (κ1) is 15.7. The van der Waals surface area contributed by atoms with E-state index in [4.69, 9.17) is 11.6 Å². The highest BCUT2D eigenvalue weighted by Gasteiger charge is 2.17. The minimum atomic E-state index is -0.113. The van der Waals surface area contributed by atoms with Gasteiger partial charge < -0.3 is 5.32 Å². The number of halogens is 1. The van der Waals surface area contributed by atoms with E-state index in [1.165, 1.54) is 37.4 Å². The fourth-order valence-electron chi connectivity index (χ4n) is 2.63. The van der Waals surface area contributed by atoms with Crippen LogP contribution >= 0.6 is 23.4 Å². The summed E-state index contributed by atoms with van der Waals surface area (Å²) < 4.78 is 0. The van der Waals surface area contributed by atoms with E-state index in [1.54, 1.807) is 0 Å². The molecule has 1 aliphatic carbocycles. The maximum absolute atomic E-state index is 12.1. The van der Waals surface area contributed by atoms with Gasteiger partial charge in [0.1, 0.15) is 0 Å². The quantitative estimate of drug-likeness (QED) is 0.783. The van der Waals surface area contributed by atoms with E-state index in [1.807, 2.05) is 31.2 Å². The zero-order valence-electron chi connectivity index (χ0n) is 11.9. The summed E-state index contributed by atoms with van der Waals surface area (Å²) in [5.74, 6) is 0.926. The van der Waals surface area contributed by atoms with Crippen LogP contribution in [0.25, 0.3) is 0 Å². The molecule has 1 aliphatic rings. The van der Waals surface area contributed by atoms with Gasteiger partial charge in [0.05, 0.1) is 10.3 Å². The molecule has 1 N–H and O–H groups in total. The van der Waals surface area contributed by atoms with Crippen molar-refractivity contribution in [3.05, 3.63) is 29.3 Å². The van der Waals surface area contributed by atoms with Gasteiger partial charge in [-0.15, -0.1) is 11.8 Å². The number of carbonyl (C=O) groups excluding carboxylic acids is 1. The second kappa shape index (κ2) is 7.94. The van der Waals surface area contributed by atoms with Crippen LogP contribution in [0.5, 0.6) is 0 Å². The molecule has 2 rings (SSSR count). The predicted octanol–water partition coefficient (Wildman–Crippen LogP) is 4.52. The highest BCUT2D eigenvalue weighted by molar-refractivity contribution is 8.00. The van der Waals surface area contributed by atoms with Gasteiger partial charge in [0.2, 0.25) is 5.91 Å². The third-order valence-electron chi connectivity index (χ3n) is 3.84. The van der Waals surface area contributed by atoms with E-state index in [-0.39, 0.29) is 11.2 Å². The van der Waals surface area contributed by atoms with Crippen molar-refractivity contribution in [2.45, 2.75) is 49.2 Å². The van der Waals surface area contributed by atoms with Crippen LogP contribution in [0.15, 0.2) is 29.2 Å². The number of thioether (sulfide) groups is 1. The lowest BCUT2D eigenvalue weighted by Gasteiger charge is -2.14. The summed E-state index contributed by atoms with van der Waals surface area (Å²) in [5, 5.41) is 3.64. The average Bonchev–Trinajstić information content (AvgIpc) is 2.94. The normalized spacial score (nSPS) is 17.1. The second-order valence-electron chi connectivity index (χ2n) is 5.42. The van der Waals surface area contributed by atoms with Crippen LogP contribution in [0.1, 0.15) is 39.0 Å². The molecule has 4 heteroatoms. The Balaban J connectivity index is 1.73. The smallest absolute Gasteiger partial charge is 0.233 e. The lowest BCUT2D eigenvalue weighted by Crippen LogP contribution is -2.32. The molecule has 110 valence electrons. The summed E-state index contributed by atoms with van der Waals surface area (Å²) in [6.07, 6.45) is 6.50. The maximum Gasteiger partial charge on any atom is 0.233 e. The second-order valence-corrected chi connectivity index (χ2v) is 7.21. The summed E-state index contributed by atoms with van der Waals surface area (Å²) in [5.41, 5.74) is 0. The van der Waals surface area contributed by atoms with Crippen LogP contribution in [-0.4, -0.2) is 17.7 Å². The van der Waals surface area contributed by atoms with Crippen molar-refractivity contribution in [3.8, 4) is 0 Å². The Bertz CT molecular complexity index is 446. The number of hydrogen-bond donors (Lipinski definition) is 1. The maximum atomic E-state index is 12.1. The van der Waals surface area contributed by atoms with Gasteiger partial charge in [-0.05, 0) is 31.4 Å². The van der Waals surface area contributed by atoms with E-state index < -0.39 is 0 Å². The molecule has 1 atom stereocenters. The fourth-order valence-corrected chi connectivity index (χ4v) is 3.80. The average molecular weight is 312 g/mol. The Morgan fingerprint density at radius 3 is 2.80 bits per heavy atom. The van der Waals surface area contributed by atoms with Crippen molar-refractivity contribution in [2.24, 2.45) is 5.92 Å². The standard InChI is InChI=1S/C16H22ClNOS/c1-12(20-15-9-5-4-8-14(15)17)16(19)18-11-10-13-6-2-3-7-13/h4-5,8-9,12-13H,2-3,6-7,10-11H2,1H3,(H,18,19). The van der Waals surface area contributed by atoms with Crippen molar-refractivity contribution in [3.63, 3.8) is 0 Å². The zero-order chi connectivity index (χ0) is 14.4. The molecular formula is C16H22ClNOS. The molecule has 0 bridgehead atoms. The molecule has 0 saturated heterocycles. The number of hydrogen-bond acceptors (Lipinski definition) is 2. The van der Waals surface area contributed by atoms with Crippen LogP contribution in [0, 0.1) is 5.92 Å². The van der Waals surface area contributed by atoms with E-state index >= 15 is 0 Å². The molecule has 1 amide bonds. The Hall–Kier alpha value is -0.670. The lowest BCUT2D eigenvalue weighted by atomic mass is 10.0. The third kappa shape index (κ3) is 4.71. The van der Waals surface area contributed by atoms with Crippen LogP contribution in [0.2, 0.25) is 5.02 Å². The molecule has 0 radical (unpaired) electrons. The van der Waals surface area contributed by atoms with Crippen LogP contribution in [0.3, 0.4) is 0 Å². The largest absolute Gasteiger partial charge is 0.355 e. The van der Waals surface area contributed by atoms with Gasteiger partial charge in [-0.2, -0.15) is 0 Å². The van der Waals surface area contributed by atoms with Crippen LogP contribution < -0.4 is 5.32 Å². The van der Waals surface area contributed by atoms with E-state index in [9.17, 15) is 4.79 Å². The van der Waals surface area contributed by atoms with Crippen molar-refractivity contribution in [1.29, 1.82) is 0 Å². The van der Waals surface area contributed by atoms with E-state index in [0.29, 0.717) is 5.02 Å². The molecule has 0 heterocycles. The molecule has 2 nitrogen and oxygen atoms in total. The number of nitrogens with one attached hydrogen (secondary N) is 1. The minimum absolute atomic E-state index is 0.105. The van der Waals surface area contributed by atoms with Crippen LogP contribution in [0.4, 0.5) is 0 Å². The van der Waals surface area contributed by atoms with Crippen molar-refractivity contribution < 1.29 is 4.79 Å². The lowest BCUT2D eigenvalue weighted by molar-refractivity contribution is -0.120. The highest BCUT2D eigenvalue weighted by Crippen LogP contribution is 2.30. The Morgan fingerprint density at radius 2 is 2.10 bits per heavy atom. The summed E-state index contributed by atoms with van der Waals surface area (Å²) in [6, 6.07) is 7.65. The topological polar surface area (TPSA) is 29.1 Å². The number of benzene rings is 1. The Kier molecular flexibility index (Phi) is 6.24. The first-order valence-corrected chi connectivity index (χ1v) is 8.61. The van der Waals surface area contributed by atoms with Gasteiger partial charge >= 0.3 is 0 Å². The number of rotatable bonds is 6. The van der Waals surface area contributed by atoms with Gasteiger partial charge in [-0.1, -0.05) is 49.4 Å². The Labute approximate surface area is 130 Å². The van der Waals surface area contributed by atoms with Gasteiger partial charge in [0.25, 0.3) is 0 Å². The molecule has 1 unspecified atom stereocenters. The summed E-state index contributed by atoms with van der Waals surface area (Å²) in [6.45, 7) is 2.73. The monoisotopic (exact) mass is 311 g/mol. The predicted molar refractivity (Wildman–Crippen MR) is 86.4 cm³/mol. The molecule has 1 aromatic rings. The van der Waals surface area contributed by atoms with Gasteiger partial charge in [-0.3, -0.25) is 4.79 Å². The third-order valence-corrected chi connectivity index (χ3v) is 5.46. The number of amides is 1. The number of carbonyl (C=O) groups is 1. The first-order valence-electron chi connectivity index (χ1n) is 7.35. The highest BCUT2D eigenvalue weighted by atomic mass is 35.5. The molecule has 0 aromatic heterocycles. The van der Waals surface area contributed by atoms with Crippen molar-refractivity contribution in [2.75, 3.05) is 6.54 Å². The molecule has 0 aliphatic heterocycles.